The van der Waals surface area contributed by atoms with Gasteiger partial charge in [0, 0.05) is 25.3 Å². The number of alkyl halides is 3. The quantitative estimate of drug-likeness (QED) is 0.861. The summed E-state index contributed by atoms with van der Waals surface area (Å²) in [6.07, 6.45) is -2.78. The molecule has 23 heavy (non-hydrogen) atoms. The summed E-state index contributed by atoms with van der Waals surface area (Å²) in [6, 6.07) is 1.88. The average Bonchev–Trinajstić information content (AvgIpc) is 2.53. The Morgan fingerprint density at radius 2 is 1.87 bits per heavy atom. The third-order valence-corrected chi connectivity index (χ3v) is 4.67. The third-order valence-electron chi connectivity index (χ3n) is 4.67. The van der Waals surface area contributed by atoms with Crippen LogP contribution >= 0.6 is 0 Å². The van der Waals surface area contributed by atoms with Gasteiger partial charge in [0.2, 0.25) is 0 Å². The second kappa shape index (κ2) is 6.47. The predicted molar refractivity (Wildman–Crippen MR) is 76.3 cm³/mol. The van der Waals surface area contributed by atoms with Gasteiger partial charge in [-0.1, -0.05) is 6.92 Å². The lowest BCUT2D eigenvalue weighted by atomic mass is 9.77. The van der Waals surface area contributed by atoms with Crippen LogP contribution < -0.4 is 0 Å². The first-order valence-corrected chi connectivity index (χ1v) is 7.49. The first-order chi connectivity index (χ1) is 10.7. The van der Waals surface area contributed by atoms with Crippen molar-refractivity contribution in [3.05, 3.63) is 35.1 Å². The van der Waals surface area contributed by atoms with Crippen molar-refractivity contribution in [2.45, 2.75) is 32.4 Å². The highest BCUT2D eigenvalue weighted by Crippen LogP contribution is 2.35. The van der Waals surface area contributed by atoms with Crippen LogP contribution in [0.5, 0.6) is 0 Å². The van der Waals surface area contributed by atoms with Crippen LogP contribution in [0.2, 0.25) is 0 Å². The van der Waals surface area contributed by atoms with E-state index in [4.69, 9.17) is 0 Å². The van der Waals surface area contributed by atoms with Crippen molar-refractivity contribution in [3.63, 3.8) is 0 Å². The van der Waals surface area contributed by atoms with Crippen LogP contribution in [0.3, 0.4) is 0 Å². The molecule has 1 N–H and O–H groups in total. The molecule has 0 aromatic heterocycles. The highest BCUT2D eigenvalue weighted by atomic mass is 19.4. The Hall–Kier alpha value is -1.63. The molecule has 1 heterocycles. The SMILES string of the molecule is CCC1(CO)CCN(C(=O)c2cc(F)cc(C(F)(F)F)c2)CC1. The number of likely N-dealkylation sites (tertiary alicyclic amines) is 1. The second-order valence-corrected chi connectivity index (χ2v) is 6.03. The molecule has 0 saturated carbocycles. The Balaban J connectivity index is 2.18. The molecule has 1 aliphatic rings. The summed E-state index contributed by atoms with van der Waals surface area (Å²) >= 11 is 0. The van der Waals surface area contributed by atoms with E-state index in [1.807, 2.05) is 6.92 Å². The molecule has 2 rings (SSSR count). The van der Waals surface area contributed by atoms with Crippen LogP contribution in [0.4, 0.5) is 17.6 Å². The summed E-state index contributed by atoms with van der Waals surface area (Å²) in [5, 5.41) is 9.47. The van der Waals surface area contributed by atoms with Gasteiger partial charge in [-0.25, -0.2) is 4.39 Å². The fraction of sp³-hybridized carbons (Fsp3) is 0.562. The van der Waals surface area contributed by atoms with Crippen molar-refractivity contribution in [1.82, 2.24) is 4.90 Å². The Kier molecular flexibility index (Phi) is 4.98. The van der Waals surface area contributed by atoms with E-state index in [9.17, 15) is 27.5 Å². The first-order valence-electron chi connectivity index (χ1n) is 7.49. The number of halogens is 4. The molecule has 0 bridgehead atoms. The second-order valence-electron chi connectivity index (χ2n) is 6.03. The van der Waals surface area contributed by atoms with Crippen molar-refractivity contribution in [2.24, 2.45) is 5.41 Å². The monoisotopic (exact) mass is 333 g/mol. The van der Waals surface area contributed by atoms with E-state index in [1.165, 1.54) is 4.90 Å². The smallest absolute Gasteiger partial charge is 0.396 e. The molecule has 128 valence electrons. The molecular formula is C16H19F4NO2. The number of rotatable bonds is 3. The zero-order valence-corrected chi connectivity index (χ0v) is 12.8. The third kappa shape index (κ3) is 3.83. The number of aliphatic hydroxyl groups is 1. The lowest BCUT2D eigenvalue weighted by Gasteiger charge is -2.40. The van der Waals surface area contributed by atoms with Gasteiger partial charge >= 0.3 is 6.18 Å². The standard InChI is InChI=1S/C16H19F4NO2/c1-2-15(10-22)3-5-21(6-4-15)14(23)11-7-12(16(18,19)20)9-13(17)8-11/h7-9,22H,2-6,10H2,1H3. The number of piperidine rings is 1. The molecule has 0 aliphatic carbocycles. The predicted octanol–water partition coefficient (Wildman–Crippen LogP) is 3.47. The van der Waals surface area contributed by atoms with E-state index in [0.29, 0.717) is 38.1 Å². The van der Waals surface area contributed by atoms with Crippen LogP contribution in [0.1, 0.15) is 42.1 Å². The van der Waals surface area contributed by atoms with E-state index in [-0.39, 0.29) is 17.6 Å². The zero-order valence-electron chi connectivity index (χ0n) is 12.8. The highest BCUT2D eigenvalue weighted by Gasteiger charge is 2.35. The van der Waals surface area contributed by atoms with Gasteiger partial charge in [0.05, 0.1) is 5.56 Å². The molecule has 1 aromatic rings. The maximum atomic E-state index is 13.4. The number of hydrogen-bond acceptors (Lipinski definition) is 2. The topological polar surface area (TPSA) is 40.5 Å². The molecule has 0 atom stereocenters. The van der Waals surface area contributed by atoms with Crippen molar-refractivity contribution in [1.29, 1.82) is 0 Å². The molecule has 1 amide bonds. The molecule has 0 unspecified atom stereocenters. The van der Waals surface area contributed by atoms with E-state index in [1.54, 1.807) is 0 Å². The van der Waals surface area contributed by atoms with Crippen molar-refractivity contribution in [3.8, 4) is 0 Å². The first kappa shape index (κ1) is 17.7. The number of nitrogens with zero attached hydrogens (tertiary/aromatic N) is 1. The molecule has 0 spiro atoms. The number of carbonyl (C=O) groups excluding carboxylic acids is 1. The van der Waals surface area contributed by atoms with Crippen molar-refractivity contribution in [2.75, 3.05) is 19.7 Å². The Bertz CT molecular complexity index is 572. The lowest BCUT2D eigenvalue weighted by Crippen LogP contribution is -2.44. The van der Waals surface area contributed by atoms with E-state index in [0.717, 1.165) is 12.5 Å². The number of aliphatic hydroxyl groups excluding tert-OH is 1. The Morgan fingerprint density at radius 1 is 1.26 bits per heavy atom. The fourth-order valence-corrected chi connectivity index (χ4v) is 2.87. The molecule has 1 aromatic carbocycles. The maximum Gasteiger partial charge on any atom is 0.416 e. The number of amides is 1. The van der Waals surface area contributed by atoms with Gasteiger partial charge in [-0.2, -0.15) is 13.2 Å². The normalized spacial score (nSPS) is 18.1. The van der Waals surface area contributed by atoms with Crippen LogP contribution in [0, 0.1) is 11.2 Å². The van der Waals surface area contributed by atoms with E-state index < -0.39 is 23.5 Å². The fourth-order valence-electron chi connectivity index (χ4n) is 2.87. The van der Waals surface area contributed by atoms with Crippen molar-refractivity contribution < 1.29 is 27.5 Å². The van der Waals surface area contributed by atoms with Gasteiger partial charge in [-0.15, -0.1) is 0 Å². The molecule has 0 radical (unpaired) electrons. The van der Waals surface area contributed by atoms with Gasteiger partial charge in [-0.3, -0.25) is 4.79 Å². The molecule has 3 nitrogen and oxygen atoms in total. The van der Waals surface area contributed by atoms with Gasteiger partial charge < -0.3 is 10.0 Å². The summed E-state index contributed by atoms with van der Waals surface area (Å²) in [5.41, 5.74) is -1.71. The number of carbonyl (C=O) groups is 1. The lowest BCUT2D eigenvalue weighted by molar-refractivity contribution is -0.137. The van der Waals surface area contributed by atoms with Crippen LogP contribution in [0.25, 0.3) is 0 Å². The van der Waals surface area contributed by atoms with Gasteiger partial charge in [0.1, 0.15) is 5.82 Å². The van der Waals surface area contributed by atoms with Crippen LogP contribution in [-0.4, -0.2) is 35.6 Å². The summed E-state index contributed by atoms with van der Waals surface area (Å²) in [5.74, 6) is -1.70. The molecule has 1 fully saturated rings. The molecule has 1 aliphatic heterocycles. The van der Waals surface area contributed by atoms with Crippen molar-refractivity contribution >= 4 is 5.91 Å². The summed E-state index contributed by atoms with van der Waals surface area (Å²) in [6.45, 7) is 2.65. The highest BCUT2D eigenvalue weighted by molar-refractivity contribution is 5.94. The molecule has 7 heteroatoms. The average molecular weight is 333 g/mol. The number of hydrogen-bond donors (Lipinski definition) is 1. The Morgan fingerprint density at radius 3 is 2.35 bits per heavy atom. The molecule has 1 saturated heterocycles. The Labute approximate surface area is 131 Å². The maximum absolute atomic E-state index is 13.4. The van der Waals surface area contributed by atoms with Crippen LogP contribution in [0.15, 0.2) is 18.2 Å². The van der Waals surface area contributed by atoms with E-state index >= 15 is 0 Å². The summed E-state index contributed by atoms with van der Waals surface area (Å²) < 4.78 is 51.6. The van der Waals surface area contributed by atoms with Gasteiger partial charge in [0.25, 0.3) is 5.91 Å². The number of benzene rings is 1. The van der Waals surface area contributed by atoms with E-state index in [2.05, 4.69) is 0 Å². The zero-order chi connectivity index (χ0) is 17.3. The summed E-state index contributed by atoms with van der Waals surface area (Å²) in [4.78, 5) is 13.8. The van der Waals surface area contributed by atoms with Crippen LogP contribution in [-0.2, 0) is 6.18 Å². The molecular weight excluding hydrogens is 314 g/mol. The minimum Gasteiger partial charge on any atom is -0.396 e. The van der Waals surface area contributed by atoms with Gasteiger partial charge in [-0.05, 0) is 42.9 Å². The minimum absolute atomic E-state index is 0.0176. The summed E-state index contributed by atoms with van der Waals surface area (Å²) in [7, 11) is 0. The minimum atomic E-state index is -4.70. The van der Waals surface area contributed by atoms with Gasteiger partial charge in [0.15, 0.2) is 0 Å². The largest absolute Gasteiger partial charge is 0.416 e.